The number of nitrogens with one attached hydrogen (secondary N) is 2. The van der Waals surface area contributed by atoms with Crippen molar-refractivity contribution < 1.29 is 45.3 Å². The first-order valence-electron chi connectivity index (χ1n) is 14.9. The highest BCUT2D eigenvalue weighted by Gasteiger charge is 2.33. The average Bonchev–Trinajstić information content (AvgIpc) is 3.33. The molecule has 0 bridgehead atoms. The molecule has 0 aliphatic carbocycles. The summed E-state index contributed by atoms with van der Waals surface area (Å²) in [6.45, 7) is 1.56. The summed E-state index contributed by atoms with van der Waals surface area (Å²) >= 11 is 1.11. The summed E-state index contributed by atoms with van der Waals surface area (Å²) in [5.74, 6) is 6.03. The number of sulfone groups is 1. The van der Waals surface area contributed by atoms with E-state index in [0.29, 0.717) is 34.4 Å². The zero-order chi connectivity index (χ0) is 34.2. The van der Waals surface area contributed by atoms with Crippen LogP contribution in [0.4, 0.5) is 28.9 Å². The van der Waals surface area contributed by atoms with Gasteiger partial charge in [-0.2, -0.15) is 13.2 Å². The van der Waals surface area contributed by atoms with Crippen molar-refractivity contribution in [2.45, 2.75) is 42.2 Å². The van der Waals surface area contributed by atoms with Gasteiger partial charge in [0.2, 0.25) is 0 Å². The van der Waals surface area contributed by atoms with Crippen molar-refractivity contribution in [1.82, 2.24) is 4.90 Å². The summed E-state index contributed by atoms with van der Waals surface area (Å²) in [5.41, 5.74) is 1.04. The van der Waals surface area contributed by atoms with Crippen LogP contribution in [0, 0.1) is 11.8 Å². The highest BCUT2D eigenvalue weighted by molar-refractivity contribution is 7.90. The second-order valence-electron chi connectivity index (χ2n) is 11.2. The van der Waals surface area contributed by atoms with Gasteiger partial charge in [0.15, 0.2) is 9.84 Å². The number of piperidine rings is 1. The largest absolute Gasteiger partial charge is 0.489 e. The van der Waals surface area contributed by atoms with Crippen LogP contribution < -0.4 is 15.4 Å². The Labute approximate surface area is 276 Å². The van der Waals surface area contributed by atoms with Gasteiger partial charge in [-0.25, -0.2) is 12.8 Å². The Kier molecular flexibility index (Phi) is 12.7. The third kappa shape index (κ3) is 10.4. The number of benzene rings is 2. The molecule has 258 valence electrons. The molecule has 3 N–H and O–H groups in total. The van der Waals surface area contributed by atoms with Gasteiger partial charge in [0.05, 0.1) is 64.2 Å². The molecule has 47 heavy (non-hydrogen) atoms. The summed E-state index contributed by atoms with van der Waals surface area (Å²) < 4.78 is 96.6. The second-order valence-corrected chi connectivity index (χ2v) is 14.3. The van der Waals surface area contributed by atoms with E-state index in [2.05, 4.69) is 22.5 Å². The predicted octanol–water partition coefficient (Wildman–Crippen LogP) is 4.73. The molecule has 0 spiro atoms. The Balaban J connectivity index is 1.54. The van der Waals surface area contributed by atoms with Crippen LogP contribution in [0.5, 0.6) is 5.75 Å². The maximum atomic E-state index is 15.2. The molecule has 1 aliphatic rings. The Morgan fingerprint density at radius 3 is 2.62 bits per heavy atom. The number of methoxy groups -OCH3 is 2. The van der Waals surface area contributed by atoms with Crippen LogP contribution in [0.3, 0.4) is 0 Å². The van der Waals surface area contributed by atoms with E-state index < -0.39 is 40.8 Å². The number of anilines is 2. The van der Waals surface area contributed by atoms with Crippen LogP contribution in [-0.2, 0) is 25.7 Å². The number of nitrogens with zero attached hydrogens (tertiary/aromatic N) is 1. The average molecular weight is 702 g/mol. The molecule has 3 aromatic rings. The molecular weight excluding hydrogens is 662 g/mol. The van der Waals surface area contributed by atoms with Crippen molar-refractivity contribution in [2.24, 2.45) is 0 Å². The number of thiophene rings is 1. The van der Waals surface area contributed by atoms with E-state index in [0.717, 1.165) is 17.6 Å². The molecule has 15 heteroatoms. The first-order chi connectivity index (χ1) is 22.3. The van der Waals surface area contributed by atoms with Gasteiger partial charge in [0.25, 0.3) is 0 Å². The smallest absolute Gasteiger partial charge is 0.393 e. The minimum Gasteiger partial charge on any atom is -0.489 e. The number of aliphatic hydroxyl groups is 1. The van der Waals surface area contributed by atoms with Crippen molar-refractivity contribution in [2.75, 3.05) is 77.1 Å². The number of hydrogen-bond donors (Lipinski definition) is 3. The third-order valence-electron chi connectivity index (χ3n) is 7.49. The lowest BCUT2D eigenvalue weighted by Gasteiger charge is -2.36. The first kappa shape index (κ1) is 36.7. The number of rotatable bonds is 14. The van der Waals surface area contributed by atoms with E-state index in [-0.39, 0.29) is 60.5 Å². The molecule has 3 atom stereocenters. The van der Waals surface area contributed by atoms with Gasteiger partial charge >= 0.3 is 6.18 Å². The topological polar surface area (TPSA) is 109 Å². The number of fused-ring (bicyclic) bond motifs is 1. The van der Waals surface area contributed by atoms with Crippen molar-refractivity contribution in [3.63, 3.8) is 0 Å². The molecule has 1 saturated heterocycles. The third-order valence-corrected chi connectivity index (χ3v) is 9.79. The second kappa shape index (κ2) is 16.3. The van der Waals surface area contributed by atoms with E-state index in [1.54, 1.807) is 18.2 Å². The van der Waals surface area contributed by atoms with E-state index in [1.807, 2.05) is 4.90 Å². The van der Waals surface area contributed by atoms with Crippen molar-refractivity contribution in [3.05, 3.63) is 46.8 Å². The van der Waals surface area contributed by atoms with E-state index in [4.69, 9.17) is 14.2 Å². The van der Waals surface area contributed by atoms with Crippen molar-refractivity contribution >= 4 is 42.6 Å². The quantitative estimate of drug-likeness (QED) is 0.125. The number of alkyl halides is 4. The monoisotopic (exact) mass is 701 g/mol. The summed E-state index contributed by atoms with van der Waals surface area (Å²) in [7, 11) is -0.502. The number of halogens is 4. The Morgan fingerprint density at radius 2 is 1.94 bits per heavy atom. The predicted molar refractivity (Wildman–Crippen MR) is 175 cm³/mol. The number of aliphatic hydroxyl groups excluding tert-OH is 1. The van der Waals surface area contributed by atoms with Crippen LogP contribution in [0.25, 0.3) is 10.1 Å². The maximum Gasteiger partial charge on any atom is 0.393 e. The van der Waals surface area contributed by atoms with Crippen molar-refractivity contribution in [1.29, 1.82) is 0 Å². The lowest BCUT2D eigenvalue weighted by Crippen LogP contribution is -2.50. The minimum atomic E-state index is -4.48. The molecule has 0 saturated carbocycles. The SMILES string of the molecule is COCCOc1cc(S(C)(=O)=O)ccc1NCC#Cc1sc2c(NC3CCN(CC(O)COC)CC3F)cccc2c1CC(F)(F)F. The minimum absolute atomic E-state index is 0.0326. The molecule has 4 rings (SSSR count). The highest BCUT2D eigenvalue weighted by atomic mass is 32.2. The van der Waals surface area contributed by atoms with Gasteiger partial charge in [0.1, 0.15) is 18.5 Å². The first-order valence-corrected chi connectivity index (χ1v) is 17.6. The zero-order valence-electron chi connectivity index (χ0n) is 26.3. The fourth-order valence-corrected chi connectivity index (χ4v) is 7.10. The maximum absolute atomic E-state index is 15.2. The lowest BCUT2D eigenvalue weighted by atomic mass is 10.0. The number of hydrogen-bond acceptors (Lipinski definition) is 10. The summed E-state index contributed by atoms with van der Waals surface area (Å²) in [6.07, 6.45) is -6.11. The molecule has 2 heterocycles. The van der Waals surface area contributed by atoms with Crippen LogP contribution in [-0.4, -0.2) is 109 Å². The van der Waals surface area contributed by atoms with Gasteiger partial charge in [-0.15, -0.1) is 11.3 Å². The molecule has 0 amide bonds. The zero-order valence-corrected chi connectivity index (χ0v) is 28.0. The Morgan fingerprint density at radius 1 is 1.15 bits per heavy atom. The van der Waals surface area contributed by atoms with Gasteiger partial charge in [-0.3, -0.25) is 4.90 Å². The van der Waals surface area contributed by atoms with Crippen LogP contribution >= 0.6 is 11.3 Å². The van der Waals surface area contributed by atoms with Gasteiger partial charge in [0, 0.05) is 46.2 Å². The fourth-order valence-electron chi connectivity index (χ4n) is 5.30. The van der Waals surface area contributed by atoms with Crippen LogP contribution in [0.15, 0.2) is 41.3 Å². The summed E-state index contributed by atoms with van der Waals surface area (Å²) in [6, 6.07) is 8.77. The molecule has 3 unspecified atom stereocenters. The fraction of sp³-hybridized carbons (Fsp3) is 0.500. The molecule has 1 aliphatic heterocycles. The van der Waals surface area contributed by atoms with E-state index in [9.17, 15) is 26.7 Å². The number of likely N-dealkylation sites (tertiary alicyclic amines) is 1. The van der Waals surface area contributed by atoms with Gasteiger partial charge in [-0.05, 0) is 35.6 Å². The van der Waals surface area contributed by atoms with Crippen LogP contribution in [0.1, 0.15) is 16.9 Å². The normalized spacial score (nSPS) is 18.0. The van der Waals surface area contributed by atoms with E-state index >= 15 is 4.39 Å². The molecule has 1 aromatic heterocycles. The Bertz CT molecular complexity index is 1670. The highest BCUT2D eigenvalue weighted by Crippen LogP contribution is 2.39. The molecule has 0 radical (unpaired) electrons. The van der Waals surface area contributed by atoms with Gasteiger partial charge < -0.3 is 30.0 Å². The molecular formula is C32H39F4N3O6S2. The summed E-state index contributed by atoms with van der Waals surface area (Å²) in [5, 5.41) is 16.7. The number of β-amino-alcohol motifs (C(OH)–C–C–N with tert-alkyl or cyclic N) is 1. The molecule has 1 fully saturated rings. The van der Waals surface area contributed by atoms with Gasteiger partial charge in [-0.1, -0.05) is 24.0 Å². The van der Waals surface area contributed by atoms with E-state index in [1.165, 1.54) is 32.4 Å². The van der Waals surface area contributed by atoms with Crippen LogP contribution in [0.2, 0.25) is 0 Å². The standard InChI is InChI=1S/C32H39F4N3O6S2/c1-43-14-15-45-29-16-22(47(3,41)42)9-10-27(29)37-12-5-8-30-24(17-32(34,35)36)23-6-4-7-28(31(23)46-30)38-26-11-13-39(19-25(26)33)18-21(40)20-44-2/h4,6-7,9-10,16,21,25-26,37-38,40H,11-15,17-20H2,1-3H3. The van der Waals surface area contributed by atoms with Crippen molar-refractivity contribution in [3.8, 4) is 17.6 Å². The Hall–Kier alpha value is -3.13. The summed E-state index contributed by atoms with van der Waals surface area (Å²) in [4.78, 5) is 2.14. The molecule has 2 aromatic carbocycles. The lowest BCUT2D eigenvalue weighted by molar-refractivity contribution is -0.126. The molecule has 9 nitrogen and oxygen atoms in total. The number of ether oxygens (including phenoxy) is 3.